The molecular formula is C18H21F2N. The fourth-order valence-electron chi connectivity index (χ4n) is 3.24. The van der Waals surface area contributed by atoms with Crippen LogP contribution in [0.5, 0.6) is 0 Å². The second kappa shape index (κ2) is 7.36. The van der Waals surface area contributed by atoms with Crippen molar-refractivity contribution < 1.29 is 8.78 Å². The molecule has 0 heterocycles. The fourth-order valence-corrected chi connectivity index (χ4v) is 3.24. The minimum Gasteiger partial charge on any atom is -0.205 e. The first kappa shape index (κ1) is 15.7. The molecule has 0 radical (unpaired) electrons. The summed E-state index contributed by atoms with van der Waals surface area (Å²) in [6.07, 6.45) is 9.58. The van der Waals surface area contributed by atoms with Crippen LogP contribution >= 0.6 is 0 Å². The van der Waals surface area contributed by atoms with Gasteiger partial charge >= 0.3 is 0 Å². The largest absolute Gasteiger partial charge is 0.205 e. The van der Waals surface area contributed by atoms with Gasteiger partial charge in [0.05, 0.1) is 0 Å². The van der Waals surface area contributed by atoms with Crippen LogP contribution in [-0.2, 0) is 6.42 Å². The first-order valence-electron chi connectivity index (χ1n) is 7.63. The van der Waals surface area contributed by atoms with Crippen LogP contribution in [0.25, 0.3) is 0 Å². The van der Waals surface area contributed by atoms with Gasteiger partial charge in [0.15, 0.2) is 0 Å². The number of hydrogen-bond donors (Lipinski definition) is 0. The van der Waals surface area contributed by atoms with E-state index < -0.39 is 17.2 Å². The molecule has 0 atom stereocenters. The predicted molar refractivity (Wildman–Crippen MR) is 79.7 cm³/mol. The van der Waals surface area contributed by atoms with E-state index in [0.29, 0.717) is 17.9 Å². The van der Waals surface area contributed by atoms with Crippen molar-refractivity contribution in [1.29, 1.82) is 5.26 Å². The molecule has 1 aliphatic rings. The highest BCUT2D eigenvalue weighted by molar-refractivity contribution is 5.35. The first-order valence-corrected chi connectivity index (χ1v) is 7.63. The molecule has 0 amide bonds. The molecule has 0 spiro atoms. The predicted octanol–water partition coefficient (Wildman–Crippen LogP) is 5.15. The molecule has 3 heteroatoms. The molecule has 1 aromatic carbocycles. The molecule has 112 valence electrons. The van der Waals surface area contributed by atoms with E-state index in [1.54, 1.807) is 6.07 Å². The molecule has 1 nitrogen and oxygen atoms in total. The van der Waals surface area contributed by atoms with Crippen molar-refractivity contribution in [2.75, 3.05) is 0 Å². The van der Waals surface area contributed by atoms with Crippen LogP contribution in [0.2, 0.25) is 0 Å². The number of allylic oxidation sites excluding steroid dienone is 1. The summed E-state index contributed by atoms with van der Waals surface area (Å²) < 4.78 is 27.1. The zero-order valence-electron chi connectivity index (χ0n) is 12.2. The van der Waals surface area contributed by atoms with E-state index in [9.17, 15) is 8.78 Å². The molecule has 0 aliphatic heterocycles. The Morgan fingerprint density at radius 2 is 1.71 bits per heavy atom. The minimum absolute atomic E-state index is 0.483. The number of benzene rings is 1. The molecule has 2 rings (SSSR count). The number of nitriles is 1. The van der Waals surface area contributed by atoms with Crippen LogP contribution in [0.4, 0.5) is 8.78 Å². The quantitative estimate of drug-likeness (QED) is 0.687. The Balaban J connectivity index is 1.87. The third-order valence-corrected chi connectivity index (χ3v) is 4.52. The second-order valence-electron chi connectivity index (χ2n) is 6.00. The van der Waals surface area contributed by atoms with Crippen LogP contribution in [0.3, 0.4) is 0 Å². The standard InChI is InChI=1S/C18H21F2N/c1-2-3-13-4-6-14(7-5-13)8-9-15-10-17(19)16(12-21)18(20)11-15/h2,10-11,13-14H,1,3-9H2. The average Bonchev–Trinajstić information content (AvgIpc) is 2.47. The monoisotopic (exact) mass is 289 g/mol. The zero-order chi connectivity index (χ0) is 15.2. The lowest BCUT2D eigenvalue weighted by atomic mass is 9.78. The summed E-state index contributed by atoms with van der Waals surface area (Å²) in [5.74, 6) is -0.0826. The Morgan fingerprint density at radius 3 is 2.24 bits per heavy atom. The molecule has 0 N–H and O–H groups in total. The van der Waals surface area contributed by atoms with Gasteiger partial charge in [0.2, 0.25) is 0 Å². The maximum Gasteiger partial charge on any atom is 0.144 e. The lowest BCUT2D eigenvalue weighted by Crippen LogP contribution is -2.14. The summed E-state index contributed by atoms with van der Waals surface area (Å²) in [7, 11) is 0. The van der Waals surface area contributed by atoms with Crippen molar-refractivity contribution in [1.82, 2.24) is 0 Å². The lowest BCUT2D eigenvalue weighted by molar-refractivity contribution is 0.265. The van der Waals surface area contributed by atoms with Gasteiger partial charge in [0.25, 0.3) is 0 Å². The highest BCUT2D eigenvalue weighted by Crippen LogP contribution is 2.33. The van der Waals surface area contributed by atoms with Crippen molar-refractivity contribution in [3.8, 4) is 6.07 Å². The van der Waals surface area contributed by atoms with Gasteiger partial charge in [-0.25, -0.2) is 8.78 Å². The summed E-state index contributed by atoms with van der Waals surface area (Å²) in [6, 6.07) is 4.15. The van der Waals surface area contributed by atoms with Crippen LogP contribution in [0.15, 0.2) is 24.8 Å². The van der Waals surface area contributed by atoms with Gasteiger partial charge in [-0.1, -0.05) is 18.9 Å². The highest BCUT2D eigenvalue weighted by atomic mass is 19.1. The van der Waals surface area contributed by atoms with Crippen molar-refractivity contribution >= 4 is 0 Å². The minimum atomic E-state index is -0.748. The van der Waals surface area contributed by atoms with Gasteiger partial charge in [-0.2, -0.15) is 5.26 Å². The van der Waals surface area contributed by atoms with Crippen LogP contribution in [-0.4, -0.2) is 0 Å². The summed E-state index contributed by atoms with van der Waals surface area (Å²) >= 11 is 0. The lowest BCUT2D eigenvalue weighted by Gasteiger charge is -2.27. The summed E-state index contributed by atoms with van der Waals surface area (Å²) in [6.45, 7) is 3.79. The van der Waals surface area contributed by atoms with E-state index in [0.717, 1.165) is 18.8 Å². The average molecular weight is 289 g/mol. The van der Waals surface area contributed by atoms with E-state index in [4.69, 9.17) is 5.26 Å². The molecule has 1 saturated carbocycles. The smallest absolute Gasteiger partial charge is 0.144 e. The zero-order valence-corrected chi connectivity index (χ0v) is 12.2. The topological polar surface area (TPSA) is 23.8 Å². The van der Waals surface area contributed by atoms with E-state index in [1.807, 2.05) is 6.08 Å². The normalized spacial score (nSPS) is 21.8. The molecule has 21 heavy (non-hydrogen) atoms. The Bertz CT molecular complexity index is 514. The number of rotatable bonds is 5. The molecule has 1 aromatic rings. The maximum absolute atomic E-state index is 13.5. The van der Waals surface area contributed by atoms with Crippen molar-refractivity contribution in [2.45, 2.75) is 44.9 Å². The molecule has 1 aliphatic carbocycles. The molecule has 0 bridgehead atoms. The van der Waals surface area contributed by atoms with Gasteiger partial charge in [-0.3, -0.25) is 0 Å². The van der Waals surface area contributed by atoms with E-state index in [-0.39, 0.29) is 0 Å². The Labute approximate surface area is 125 Å². The fraction of sp³-hybridized carbons (Fsp3) is 0.500. The van der Waals surface area contributed by atoms with Crippen LogP contribution in [0.1, 0.15) is 49.7 Å². The SMILES string of the molecule is C=CCC1CCC(CCc2cc(F)c(C#N)c(F)c2)CC1. The first-order chi connectivity index (χ1) is 10.1. The highest BCUT2D eigenvalue weighted by Gasteiger charge is 2.20. The van der Waals surface area contributed by atoms with Gasteiger partial charge in [0, 0.05) is 0 Å². The Hall–Kier alpha value is -1.69. The van der Waals surface area contributed by atoms with Crippen molar-refractivity contribution in [3.05, 3.63) is 47.5 Å². The van der Waals surface area contributed by atoms with Gasteiger partial charge in [0.1, 0.15) is 23.3 Å². The van der Waals surface area contributed by atoms with Crippen LogP contribution in [0, 0.1) is 34.8 Å². The third kappa shape index (κ3) is 4.14. The third-order valence-electron chi connectivity index (χ3n) is 4.52. The number of nitrogens with zero attached hydrogens (tertiary/aromatic N) is 1. The number of aryl methyl sites for hydroxylation is 1. The van der Waals surface area contributed by atoms with E-state index in [2.05, 4.69) is 6.58 Å². The molecule has 1 fully saturated rings. The van der Waals surface area contributed by atoms with Gasteiger partial charge < -0.3 is 0 Å². The van der Waals surface area contributed by atoms with Crippen LogP contribution < -0.4 is 0 Å². The van der Waals surface area contributed by atoms with Gasteiger partial charge in [-0.05, 0) is 61.6 Å². The Kier molecular flexibility index (Phi) is 5.50. The Morgan fingerprint density at radius 1 is 1.14 bits per heavy atom. The van der Waals surface area contributed by atoms with Crippen molar-refractivity contribution in [2.24, 2.45) is 11.8 Å². The number of halogens is 2. The number of hydrogen-bond acceptors (Lipinski definition) is 1. The molecule has 0 saturated heterocycles. The molecule has 0 aromatic heterocycles. The van der Waals surface area contributed by atoms with Crippen molar-refractivity contribution in [3.63, 3.8) is 0 Å². The molecule has 0 unspecified atom stereocenters. The summed E-state index contributed by atoms with van der Waals surface area (Å²) in [4.78, 5) is 0. The maximum atomic E-state index is 13.5. The summed E-state index contributed by atoms with van der Waals surface area (Å²) in [5.41, 5.74) is 0.167. The second-order valence-corrected chi connectivity index (χ2v) is 6.00. The molecular weight excluding hydrogens is 268 g/mol. The van der Waals surface area contributed by atoms with E-state index in [1.165, 1.54) is 37.8 Å². The van der Waals surface area contributed by atoms with Gasteiger partial charge in [-0.15, -0.1) is 6.58 Å². The summed E-state index contributed by atoms with van der Waals surface area (Å²) in [5, 5.41) is 8.66. The van der Waals surface area contributed by atoms with E-state index >= 15 is 0 Å².